The zero-order chi connectivity index (χ0) is 18.2. The van der Waals surface area contributed by atoms with E-state index in [0.29, 0.717) is 11.2 Å². The molecule has 5 rings (SSSR count). The minimum atomic E-state index is -0.151. The predicted octanol–water partition coefficient (Wildman–Crippen LogP) is 3.65. The molecule has 0 aliphatic carbocycles. The second kappa shape index (κ2) is 6.26. The van der Waals surface area contributed by atoms with E-state index in [1.165, 1.54) is 11.3 Å². The smallest absolute Gasteiger partial charge is 0.255 e. The molecule has 0 saturated heterocycles. The number of fused-ring (bicyclic) bond motifs is 2. The summed E-state index contributed by atoms with van der Waals surface area (Å²) >= 11 is 1.52. The van der Waals surface area contributed by atoms with Crippen molar-refractivity contribution in [1.82, 2.24) is 24.8 Å². The third-order valence-corrected chi connectivity index (χ3v) is 4.99. The van der Waals surface area contributed by atoms with Crippen LogP contribution in [0.3, 0.4) is 0 Å². The topological polar surface area (TPSA) is 85.1 Å². The molecule has 7 nitrogen and oxygen atoms in total. The fraction of sp³-hybridized carbons (Fsp3) is 0. The molecule has 0 radical (unpaired) electrons. The molecule has 5 aromatic rings. The first-order chi connectivity index (χ1) is 13.3. The molecular formula is C19H12N6OS. The number of carbonyl (C=O) groups is 1. The molecule has 0 aliphatic heterocycles. The highest BCUT2D eigenvalue weighted by Crippen LogP contribution is 2.22. The Bertz CT molecular complexity index is 1270. The highest BCUT2D eigenvalue weighted by molar-refractivity contribution is 7.16. The van der Waals surface area contributed by atoms with Crippen LogP contribution in [-0.4, -0.2) is 30.7 Å². The van der Waals surface area contributed by atoms with Gasteiger partial charge in [-0.25, -0.2) is 4.98 Å². The van der Waals surface area contributed by atoms with E-state index in [9.17, 15) is 4.79 Å². The lowest BCUT2D eigenvalue weighted by Crippen LogP contribution is -2.11. The number of nitrogens with zero attached hydrogens (tertiary/aromatic N) is 5. The number of hydrogen-bond acceptors (Lipinski definition) is 6. The Morgan fingerprint density at radius 3 is 2.81 bits per heavy atom. The fourth-order valence-electron chi connectivity index (χ4n) is 2.81. The van der Waals surface area contributed by atoms with Crippen LogP contribution in [0.2, 0.25) is 0 Å². The van der Waals surface area contributed by atoms with Crippen molar-refractivity contribution in [3.05, 3.63) is 72.0 Å². The lowest BCUT2D eigenvalue weighted by Gasteiger charge is -2.07. The molecule has 8 heteroatoms. The van der Waals surface area contributed by atoms with E-state index < -0.39 is 0 Å². The Hall–Kier alpha value is -3.65. The number of rotatable bonds is 3. The van der Waals surface area contributed by atoms with Gasteiger partial charge in [-0.3, -0.25) is 4.79 Å². The molecule has 130 valence electrons. The molecule has 3 aromatic heterocycles. The molecular weight excluding hydrogens is 360 g/mol. The quantitative estimate of drug-likeness (QED) is 0.522. The van der Waals surface area contributed by atoms with Crippen molar-refractivity contribution in [2.75, 3.05) is 5.32 Å². The predicted molar refractivity (Wildman–Crippen MR) is 104 cm³/mol. The number of thiazole rings is 1. The summed E-state index contributed by atoms with van der Waals surface area (Å²) in [6.45, 7) is 0. The maximum Gasteiger partial charge on any atom is 0.255 e. The van der Waals surface area contributed by atoms with Gasteiger partial charge in [0.2, 0.25) is 0 Å². The SMILES string of the molecule is O=C(Nc1ccc(-c2ccc3nncn3n2)cc1)c1ccc2ncsc2c1. The number of hydrogen-bond donors (Lipinski definition) is 1. The Labute approximate surface area is 157 Å². The van der Waals surface area contributed by atoms with Crippen LogP contribution >= 0.6 is 11.3 Å². The molecule has 3 heterocycles. The standard InChI is InChI=1S/C19H12N6OS/c26-19(13-3-6-16-17(9-13)27-11-20-16)22-14-4-1-12(2-5-14)15-7-8-18-23-21-10-25(18)24-15/h1-11H,(H,22,26). The van der Waals surface area contributed by atoms with Crippen LogP contribution < -0.4 is 5.32 Å². The first kappa shape index (κ1) is 15.6. The van der Waals surface area contributed by atoms with Crippen LogP contribution in [-0.2, 0) is 0 Å². The van der Waals surface area contributed by atoms with Crippen LogP contribution in [0.25, 0.3) is 27.1 Å². The van der Waals surface area contributed by atoms with Gasteiger partial charge in [-0.2, -0.15) is 9.61 Å². The first-order valence-electron chi connectivity index (χ1n) is 8.18. The monoisotopic (exact) mass is 372 g/mol. The third kappa shape index (κ3) is 2.91. The lowest BCUT2D eigenvalue weighted by molar-refractivity contribution is 0.102. The highest BCUT2D eigenvalue weighted by atomic mass is 32.1. The first-order valence-corrected chi connectivity index (χ1v) is 9.06. The zero-order valence-corrected chi connectivity index (χ0v) is 14.7. The Morgan fingerprint density at radius 2 is 1.93 bits per heavy atom. The third-order valence-electron chi connectivity index (χ3n) is 4.19. The van der Waals surface area contributed by atoms with Crippen molar-refractivity contribution >= 4 is 38.8 Å². The summed E-state index contributed by atoms with van der Waals surface area (Å²) in [6.07, 6.45) is 1.56. The largest absolute Gasteiger partial charge is 0.322 e. The molecule has 0 bridgehead atoms. The Morgan fingerprint density at radius 1 is 1.04 bits per heavy atom. The van der Waals surface area contributed by atoms with Crippen molar-refractivity contribution in [3.63, 3.8) is 0 Å². The normalized spacial score (nSPS) is 11.1. The molecule has 0 spiro atoms. The summed E-state index contributed by atoms with van der Waals surface area (Å²) in [4.78, 5) is 16.7. The van der Waals surface area contributed by atoms with E-state index in [4.69, 9.17) is 0 Å². The number of amides is 1. The van der Waals surface area contributed by atoms with Crippen molar-refractivity contribution < 1.29 is 4.79 Å². The second-order valence-electron chi connectivity index (χ2n) is 5.92. The highest BCUT2D eigenvalue weighted by Gasteiger charge is 2.09. The maximum atomic E-state index is 12.5. The Kier molecular flexibility index (Phi) is 3.61. The van der Waals surface area contributed by atoms with Crippen molar-refractivity contribution in [3.8, 4) is 11.3 Å². The van der Waals surface area contributed by atoms with E-state index in [2.05, 4.69) is 25.6 Å². The Balaban J connectivity index is 1.37. The van der Waals surface area contributed by atoms with Crippen molar-refractivity contribution in [2.45, 2.75) is 0 Å². The fourth-order valence-corrected chi connectivity index (χ4v) is 3.52. The van der Waals surface area contributed by atoms with E-state index in [0.717, 1.165) is 27.2 Å². The number of benzene rings is 2. The van der Waals surface area contributed by atoms with Crippen molar-refractivity contribution in [2.24, 2.45) is 0 Å². The summed E-state index contributed by atoms with van der Waals surface area (Å²) in [5, 5.41) is 15.2. The molecule has 0 fully saturated rings. The molecule has 27 heavy (non-hydrogen) atoms. The van der Waals surface area contributed by atoms with Crippen LogP contribution in [0.4, 0.5) is 5.69 Å². The van der Waals surface area contributed by atoms with E-state index in [1.807, 2.05) is 48.5 Å². The molecule has 0 saturated carbocycles. The molecule has 0 unspecified atom stereocenters. The van der Waals surface area contributed by atoms with Gasteiger partial charge in [-0.1, -0.05) is 12.1 Å². The zero-order valence-electron chi connectivity index (χ0n) is 13.9. The van der Waals surface area contributed by atoms with E-state index >= 15 is 0 Å². The van der Waals surface area contributed by atoms with Crippen LogP contribution in [0.5, 0.6) is 0 Å². The van der Waals surface area contributed by atoms with Gasteiger partial charge in [0, 0.05) is 16.8 Å². The van der Waals surface area contributed by atoms with Gasteiger partial charge in [0.15, 0.2) is 5.65 Å². The summed E-state index contributed by atoms with van der Waals surface area (Å²) in [6, 6.07) is 16.8. The summed E-state index contributed by atoms with van der Waals surface area (Å²) < 4.78 is 2.62. The summed E-state index contributed by atoms with van der Waals surface area (Å²) in [5.41, 5.74) is 6.44. The molecule has 2 aromatic carbocycles. The molecule has 1 N–H and O–H groups in total. The van der Waals surface area contributed by atoms with Gasteiger partial charge in [0.25, 0.3) is 5.91 Å². The number of nitrogens with one attached hydrogen (secondary N) is 1. The van der Waals surface area contributed by atoms with Crippen LogP contribution in [0.1, 0.15) is 10.4 Å². The minimum absolute atomic E-state index is 0.151. The molecule has 1 amide bonds. The number of anilines is 1. The van der Waals surface area contributed by atoms with Crippen LogP contribution in [0.15, 0.2) is 66.4 Å². The van der Waals surface area contributed by atoms with Gasteiger partial charge >= 0.3 is 0 Å². The molecule has 0 atom stereocenters. The lowest BCUT2D eigenvalue weighted by atomic mass is 10.1. The van der Waals surface area contributed by atoms with Gasteiger partial charge in [0.1, 0.15) is 6.33 Å². The minimum Gasteiger partial charge on any atom is -0.322 e. The van der Waals surface area contributed by atoms with Gasteiger partial charge in [-0.05, 0) is 42.5 Å². The van der Waals surface area contributed by atoms with Crippen LogP contribution in [0, 0.1) is 0 Å². The number of aromatic nitrogens is 5. The maximum absolute atomic E-state index is 12.5. The van der Waals surface area contributed by atoms with Gasteiger partial charge in [-0.15, -0.1) is 21.5 Å². The van der Waals surface area contributed by atoms with E-state index in [-0.39, 0.29) is 5.91 Å². The molecule has 0 aliphatic rings. The van der Waals surface area contributed by atoms with Gasteiger partial charge in [0.05, 0.1) is 21.4 Å². The summed E-state index contributed by atoms with van der Waals surface area (Å²) in [7, 11) is 0. The number of carbonyl (C=O) groups excluding carboxylic acids is 1. The van der Waals surface area contributed by atoms with Crippen molar-refractivity contribution in [1.29, 1.82) is 0 Å². The van der Waals surface area contributed by atoms with Gasteiger partial charge < -0.3 is 5.32 Å². The average Bonchev–Trinajstić information content (AvgIpc) is 3.36. The second-order valence-corrected chi connectivity index (χ2v) is 6.80. The van der Waals surface area contributed by atoms with E-state index in [1.54, 1.807) is 22.4 Å². The summed E-state index contributed by atoms with van der Waals surface area (Å²) in [5.74, 6) is -0.151. The average molecular weight is 372 g/mol.